The Morgan fingerprint density at radius 3 is 2.47 bits per heavy atom. The molecular weight excluding hydrogens is 424 g/mol. The SMILES string of the molecule is O=C(CCN1CCC(Cc2ccc(O)cc2)CC1)N1CCS(=O)c2ccc(CO)cc2C1. The number of hydrogen-bond acceptors (Lipinski definition) is 5. The highest BCUT2D eigenvalue weighted by Crippen LogP contribution is 2.24. The topological polar surface area (TPSA) is 81.1 Å². The fourth-order valence-corrected chi connectivity index (χ4v) is 5.91. The van der Waals surface area contributed by atoms with E-state index in [4.69, 9.17) is 0 Å². The van der Waals surface area contributed by atoms with E-state index in [9.17, 15) is 19.2 Å². The molecule has 2 heterocycles. The quantitative estimate of drug-likeness (QED) is 0.699. The summed E-state index contributed by atoms with van der Waals surface area (Å²) < 4.78 is 12.5. The predicted octanol–water partition coefficient (Wildman–Crippen LogP) is 2.68. The van der Waals surface area contributed by atoms with E-state index in [0.29, 0.717) is 36.9 Å². The number of phenolic OH excluding ortho intramolecular Hbond substituents is 1. The number of piperidine rings is 1. The molecule has 2 aromatic carbocycles. The highest BCUT2D eigenvalue weighted by atomic mass is 32.2. The van der Waals surface area contributed by atoms with Crippen molar-refractivity contribution in [3.05, 3.63) is 59.2 Å². The van der Waals surface area contributed by atoms with Gasteiger partial charge >= 0.3 is 0 Å². The third-order valence-corrected chi connectivity index (χ3v) is 8.07. The molecule has 1 atom stereocenters. The van der Waals surface area contributed by atoms with Gasteiger partial charge in [-0.05, 0) is 73.2 Å². The summed E-state index contributed by atoms with van der Waals surface area (Å²) >= 11 is 0. The van der Waals surface area contributed by atoms with Crippen molar-refractivity contribution in [1.82, 2.24) is 9.80 Å². The average molecular weight is 457 g/mol. The van der Waals surface area contributed by atoms with Crippen LogP contribution in [0, 0.1) is 5.92 Å². The monoisotopic (exact) mass is 456 g/mol. The van der Waals surface area contributed by atoms with Gasteiger partial charge in [-0.1, -0.05) is 24.3 Å². The van der Waals surface area contributed by atoms with Gasteiger partial charge in [0, 0.05) is 36.7 Å². The molecule has 0 aromatic heterocycles. The van der Waals surface area contributed by atoms with E-state index in [-0.39, 0.29) is 12.5 Å². The van der Waals surface area contributed by atoms with E-state index in [1.54, 1.807) is 18.2 Å². The van der Waals surface area contributed by atoms with E-state index in [1.807, 2.05) is 29.2 Å². The maximum atomic E-state index is 12.9. The number of aliphatic hydroxyl groups excluding tert-OH is 1. The van der Waals surface area contributed by atoms with Gasteiger partial charge < -0.3 is 20.0 Å². The number of carbonyl (C=O) groups excluding carboxylic acids is 1. The van der Waals surface area contributed by atoms with Crippen molar-refractivity contribution in [3.8, 4) is 5.75 Å². The van der Waals surface area contributed by atoms with Crippen LogP contribution in [0.2, 0.25) is 0 Å². The Bertz CT molecular complexity index is 955. The maximum absolute atomic E-state index is 12.9. The number of carbonyl (C=O) groups is 1. The fraction of sp³-hybridized carbons (Fsp3) is 0.480. The minimum atomic E-state index is -1.11. The molecule has 0 radical (unpaired) electrons. The van der Waals surface area contributed by atoms with Crippen molar-refractivity contribution in [3.63, 3.8) is 0 Å². The minimum absolute atomic E-state index is 0.0590. The van der Waals surface area contributed by atoms with Gasteiger partial charge in [0.05, 0.1) is 17.4 Å². The van der Waals surface area contributed by atoms with Crippen LogP contribution in [0.3, 0.4) is 0 Å². The van der Waals surface area contributed by atoms with Gasteiger partial charge in [-0.3, -0.25) is 9.00 Å². The minimum Gasteiger partial charge on any atom is -0.508 e. The number of hydrogen-bond donors (Lipinski definition) is 2. The Kier molecular flexibility index (Phi) is 7.60. The number of likely N-dealkylation sites (tertiary alicyclic amines) is 1. The van der Waals surface area contributed by atoms with Gasteiger partial charge in [-0.15, -0.1) is 0 Å². The van der Waals surface area contributed by atoms with E-state index in [0.717, 1.165) is 54.9 Å². The number of aromatic hydroxyl groups is 1. The summed E-state index contributed by atoms with van der Waals surface area (Å²) in [7, 11) is -1.11. The summed E-state index contributed by atoms with van der Waals surface area (Å²) in [5.74, 6) is 1.51. The first-order chi connectivity index (χ1) is 15.5. The number of benzene rings is 2. The Morgan fingerprint density at radius 1 is 1.03 bits per heavy atom. The average Bonchev–Trinajstić information content (AvgIpc) is 2.98. The third kappa shape index (κ3) is 5.77. The highest BCUT2D eigenvalue weighted by Gasteiger charge is 2.24. The lowest BCUT2D eigenvalue weighted by Crippen LogP contribution is -2.38. The summed E-state index contributed by atoms with van der Waals surface area (Å²) in [5.41, 5.74) is 2.93. The second kappa shape index (κ2) is 10.6. The van der Waals surface area contributed by atoms with E-state index >= 15 is 0 Å². The van der Waals surface area contributed by atoms with Gasteiger partial charge in [0.2, 0.25) is 5.91 Å². The van der Waals surface area contributed by atoms with Crippen LogP contribution < -0.4 is 0 Å². The summed E-state index contributed by atoms with van der Waals surface area (Å²) in [6.07, 6.45) is 3.75. The van der Waals surface area contributed by atoms with Crippen molar-refractivity contribution >= 4 is 16.7 Å². The Labute approximate surface area is 192 Å². The molecule has 2 aliphatic heterocycles. The number of fused-ring (bicyclic) bond motifs is 1. The number of aliphatic hydroxyl groups is 1. The van der Waals surface area contributed by atoms with Gasteiger partial charge in [-0.2, -0.15) is 0 Å². The molecule has 2 aliphatic rings. The van der Waals surface area contributed by atoms with E-state index < -0.39 is 10.8 Å². The molecule has 4 rings (SSSR count). The van der Waals surface area contributed by atoms with Gasteiger partial charge in [0.25, 0.3) is 0 Å². The molecule has 2 N–H and O–H groups in total. The number of rotatable bonds is 6. The molecule has 2 aromatic rings. The molecule has 1 unspecified atom stereocenters. The normalized spacial score (nSPS) is 20.0. The van der Waals surface area contributed by atoms with Crippen LogP contribution in [0.4, 0.5) is 0 Å². The smallest absolute Gasteiger partial charge is 0.224 e. The predicted molar refractivity (Wildman–Crippen MR) is 125 cm³/mol. The lowest BCUT2D eigenvalue weighted by atomic mass is 9.90. The molecule has 7 heteroatoms. The Hall–Kier alpha value is -2.22. The zero-order valence-corrected chi connectivity index (χ0v) is 19.2. The lowest BCUT2D eigenvalue weighted by molar-refractivity contribution is -0.132. The van der Waals surface area contributed by atoms with Gasteiger partial charge in [0.1, 0.15) is 5.75 Å². The van der Waals surface area contributed by atoms with Crippen LogP contribution in [0.15, 0.2) is 47.4 Å². The lowest BCUT2D eigenvalue weighted by Gasteiger charge is -2.32. The zero-order valence-electron chi connectivity index (χ0n) is 18.4. The molecule has 1 fully saturated rings. The summed E-state index contributed by atoms with van der Waals surface area (Å²) in [4.78, 5) is 17.9. The second-order valence-corrected chi connectivity index (χ2v) is 10.4. The van der Waals surface area contributed by atoms with Crippen LogP contribution in [0.1, 0.15) is 36.0 Å². The van der Waals surface area contributed by atoms with Crippen molar-refractivity contribution in [2.24, 2.45) is 5.92 Å². The van der Waals surface area contributed by atoms with Crippen LogP contribution in [0.5, 0.6) is 5.75 Å². The van der Waals surface area contributed by atoms with Crippen molar-refractivity contribution < 1.29 is 19.2 Å². The van der Waals surface area contributed by atoms with E-state index in [2.05, 4.69) is 4.90 Å². The largest absolute Gasteiger partial charge is 0.508 e. The van der Waals surface area contributed by atoms with Gasteiger partial charge in [0.15, 0.2) is 0 Å². The van der Waals surface area contributed by atoms with Crippen molar-refractivity contribution in [2.45, 2.75) is 43.7 Å². The zero-order chi connectivity index (χ0) is 22.5. The third-order valence-electron chi connectivity index (χ3n) is 6.62. The summed E-state index contributed by atoms with van der Waals surface area (Å²) in [5, 5.41) is 18.9. The Balaban J connectivity index is 1.26. The highest BCUT2D eigenvalue weighted by molar-refractivity contribution is 7.85. The van der Waals surface area contributed by atoms with Crippen LogP contribution in [0.25, 0.3) is 0 Å². The van der Waals surface area contributed by atoms with Crippen LogP contribution in [-0.4, -0.2) is 62.1 Å². The number of amides is 1. The summed E-state index contributed by atoms with van der Waals surface area (Å²) in [6.45, 7) is 3.67. The number of nitrogens with zero attached hydrogens (tertiary/aromatic N) is 2. The first-order valence-corrected chi connectivity index (χ1v) is 12.7. The molecule has 172 valence electrons. The first-order valence-electron chi connectivity index (χ1n) is 11.4. The standard InChI is InChI=1S/C25H32N2O4S/c28-18-21-3-6-24-22(16-21)17-27(13-14-32(24)31)25(30)9-12-26-10-7-20(8-11-26)15-19-1-4-23(29)5-2-19/h1-6,16,20,28-29H,7-15,17-18H2. The molecule has 0 spiro atoms. The van der Waals surface area contributed by atoms with E-state index in [1.165, 1.54) is 5.56 Å². The molecule has 32 heavy (non-hydrogen) atoms. The molecular formula is C25H32N2O4S. The fourth-order valence-electron chi connectivity index (χ4n) is 4.67. The van der Waals surface area contributed by atoms with Gasteiger partial charge in [-0.25, -0.2) is 0 Å². The molecule has 0 aliphatic carbocycles. The number of phenols is 1. The van der Waals surface area contributed by atoms with Crippen molar-refractivity contribution in [2.75, 3.05) is 31.9 Å². The molecule has 1 amide bonds. The van der Waals surface area contributed by atoms with Crippen LogP contribution in [-0.2, 0) is 35.2 Å². The molecule has 0 bridgehead atoms. The van der Waals surface area contributed by atoms with Crippen LogP contribution >= 0.6 is 0 Å². The molecule has 6 nitrogen and oxygen atoms in total. The molecule has 0 saturated carbocycles. The van der Waals surface area contributed by atoms with Crippen molar-refractivity contribution in [1.29, 1.82) is 0 Å². The molecule has 1 saturated heterocycles. The first kappa shape index (κ1) is 23.0. The Morgan fingerprint density at radius 2 is 1.75 bits per heavy atom. The maximum Gasteiger partial charge on any atom is 0.224 e. The summed E-state index contributed by atoms with van der Waals surface area (Å²) in [6, 6.07) is 13.0. The second-order valence-electron chi connectivity index (χ2n) is 8.87.